The first-order valence-electron chi connectivity index (χ1n) is 12.8. The second-order valence-electron chi connectivity index (χ2n) is 9.51. The van der Waals surface area contributed by atoms with Crippen molar-refractivity contribution < 1.29 is 34.0 Å². The van der Waals surface area contributed by atoms with Crippen molar-refractivity contribution in [3.8, 4) is 34.4 Å². The van der Waals surface area contributed by atoms with Crippen molar-refractivity contribution in [2.45, 2.75) is 26.4 Å². The summed E-state index contributed by atoms with van der Waals surface area (Å²) in [6.07, 6.45) is -0.459. The van der Waals surface area contributed by atoms with Crippen LogP contribution in [0.2, 0.25) is 5.02 Å². The van der Waals surface area contributed by atoms with Gasteiger partial charge in [0.25, 0.3) is 0 Å². The van der Waals surface area contributed by atoms with Gasteiger partial charge in [-0.25, -0.2) is 4.79 Å². The number of carbonyl (C=O) groups is 2. The monoisotopic (exact) mass is 571 g/mol. The number of halogens is 1. The molecule has 0 spiro atoms. The van der Waals surface area contributed by atoms with Gasteiger partial charge in [0.2, 0.25) is 0 Å². The van der Waals surface area contributed by atoms with Crippen molar-refractivity contribution in [1.82, 2.24) is 4.57 Å². The van der Waals surface area contributed by atoms with Gasteiger partial charge in [0.15, 0.2) is 0 Å². The van der Waals surface area contributed by atoms with E-state index in [1.807, 2.05) is 13.8 Å². The molecule has 5 rings (SSSR count). The van der Waals surface area contributed by atoms with E-state index in [4.69, 9.17) is 25.8 Å². The lowest BCUT2D eigenvalue weighted by Gasteiger charge is -2.12. The first-order chi connectivity index (χ1) is 19.7. The highest BCUT2D eigenvalue weighted by molar-refractivity contribution is 6.30. The smallest absolute Gasteiger partial charge is 0.338 e. The highest BCUT2D eigenvalue weighted by Gasteiger charge is 2.25. The molecule has 1 heterocycles. The van der Waals surface area contributed by atoms with Gasteiger partial charge >= 0.3 is 11.9 Å². The number of aromatic nitrogens is 1. The van der Waals surface area contributed by atoms with Crippen LogP contribution < -0.4 is 14.2 Å². The molecule has 0 saturated heterocycles. The minimum atomic E-state index is -1.24. The van der Waals surface area contributed by atoms with E-state index < -0.39 is 18.4 Å². The molecule has 0 amide bonds. The minimum absolute atomic E-state index is 0.0364. The van der Waals surface area contributed by atoms with Gasteiger partial charge in [0, 0.05) is 21.8 Å². The van der Waals surface area contributed by atoms with Crippen LogP contribution in [0.25, 0.3) is 16.6 Å². The fourth-order valence-corrected chi connectivity index (χ4v) is 4.74. The lowest BCUT2D eigenvalue weighted by molar-refractivity contribution is -0.136. The number of hydrogen-bond donors (Lipinski definition) is 2. The molecule has 8 nitrogen and oxygen atoms in total. The van der Waals surface area contributed by atoms with Crippen molar-refractivity contribution >= 4 is 34.4 Å². The topological polar surface area (TPSA) is 107 Å². The predicted octanol–water partition coefficient (Wildman–Crippen LogP) is 7.98. The number of ether oxygens (including phenoxy) is 3. The summed E-state index contributed by atoms with van der Waals surface area (Å²) in [5.41, 5.74) is 1.13. The van der Waals surface area contributed by atoms with E-state index in [0.717, 1.165) is 0 Å². The summed E-state index contributed by atoms with van der Waals surface area (Å²) in [5.74, 6) is 0.350. The Kier molecular flexibility index (Phi) is 7.85. The van der Waals surface area contributed by atoms with Gasteiger partial charge in [-0.1, -0.05) is 17.7 Å². The largest absolute Gasteiger partial charge is 0.491 e. The minimum Gasteiger partial charge on any atom is -0.491 e. The first-order valence-corrected chi connectivity index (χ1v) is 13.2. The molecule has 1 aromatic heterocycles. The second kappa shape index (κ2) is 11.7. The molecule has 5 aromatic rings. The van der Waals surface area contributed by atoms with Crippen molar-refractivity contribution in [1.29, 1.82) is 0 Å². The lowest BCUT2D eigenvalue weighted by Crippen LogP contribution is -2.11. The zero-order valence-corrected chi connectivity index (χ0v) is 23.0. The fraction of sp³-hybridized carbons (Fsp3) is 0.125. The molecule has 4 aromatic carbocycles. The SMILES string of the molecule is CC(C)Oc1ccc(Oc2ccc3c(c2)c(C(=O)O)c(CC(=O)O)n3-c2ccc(Oc3cccc(Cl)c3)cc2)cc1. The molecule has 0 radical (unpaired) electrons. The van der Waals surface area contributed by atoms with Crippen molar-refractivity contribution in [2.24, 2.45) is 0 Å². The number of aliphatic carboxylic acids is 1. The third-order valence-electron chi connectivity index (χ3n) is 6.13. The quantitative estimate of drug-likeness (QED) is 0.175. The molecular weight excluding hydrogens is 546 g/mol. The molecule has 0 unspecified atom stereocenters. The summed E-state index contributed by atoms with van der Waals surface area (Å²) in [5, 5.41) is 20.7. The van der Waals surface area contributed by atoms with Crippen LogP contribution in [0, 0.1) is 0 Å². The molecule has 0 saturated carbocycles. The van der Waals surface area contributed by atoms with E-state index >= 15 is 0 Å². The summed E-state index contributed by atoms with van der Waals surface area (Å²) in [6.45, 7) is 3.88. The van der Waals surface area contributed by atoms with Gasteiger partial charge in [-0.2, -0.15) is 0 Å². The lowest BCUT2D eigenvalue weighted by atomic mass is 10.1. The Hall–Kier alpha value is -4.95. The summed E-state index contributed by atoms with van der Waals surface area (Å²) >= 11 is 6.04. The van der Waals surface area contributed by atoms with Crippen molar-refractivity contribution in [3.63, 3.8) is 0 Å². The Morgan fingerprint density at radius 2 is 1.37 bits per heavy atom. The van der Waals surface area contributed by atoms with E-state index in [2.05, 4.69) is 0 Å². The van der Waals surface area contributed by atoms with Gasteiger partial charge < -0.3 is 29.0 Å². The van der Waals surface area contributed by atoms with Crippen molar-refractivity contribution in [3.05, 3.63) is 107 Å². The van der Waals surface area contributed by atoms with Crippen LogP contribution in [0.3, 0.4) is 0 Å². The van der Waals surface area contributed by atoms with Crippen LogP contribution in [0.5, 0.6) is 28.7 Å². The van der Waals surface area contributed by atoms with Crippen LogP contribution in [-0.4, -0.2) is 32.8 Å². The fourth-order valence-electron chi connectivity index (χ4n) is 4.56. The van der Waals surface area contributed by atoms with Crippen molar-refractivity contribution in [2.75, 3.05) is 0 Å². The number of nitrogens with zero attached hydrogens (tertiary/aromatic N) is 1. The molecule has 2 N–H and O–H groups in total. The van der Waals surface area contributed by atoms with Gasteiger partial charge in [-0.05, 0) is 98.8 Å². The van der Waals surface area contributed by atoms with E-state index in [-0.39, 0.29) is 17.4 Å². The Labute approximate surface area is 240 Å². The molecular formula is C32H26ClNO7. The van der Waals surface area contributed by atoms with Crippen LogP contribution in [-0.2, 0) is 11.2 Å². The Morgan fingerprint density at radius 3 is 1.95 bits per heavy atom. The summed E-state index contributed by atoms with van der Waals surface area (Å²) < 4.78 is 19.2. The molecule has 0 aliphatic rings. The number of rotatable bonds is 10. The normalized spacial score (nSPS) is 11.0. The number of hydrogen-bond acceptors (Lipinski definition) is 5. The maximum absolute atomic E-state index is 12.5. The highest BCUT2D eigenvalue weighted by atomic mass is 35.5. The summed E-state index contributed by atoms with van der Waals surface area (Å²) in [7, 11) is 0. The first kappa shape index (κ1) is 27.6. The standard InChI is InChI=1S/C32H26ClNO7/c1-19(2)39-22-10-12-24(13-11-22)41-26-14-15-28-27(17-26)31(32(37)38)29(18-30(35)36)34(28)21-6-8-23(9-7-21)40-25-5-3-4-20(33)16-25/h3-17,19H,18H2,1-2H3,(H,35,36)(H,37,38). The highest BCUT2D eigenvalue weighted by Crippen LogP contribution is 2.35. The van der Waals surface area contributed by atoms with Crippen LogP contribution in [0.4, 0.5) is 0 Å². The number of aromatic carboxylic acids is 1. The van der Waals surface area contributed by atoms with E-state index in [1.165, 1.54) is 0 Å². The number of benzene rings is 4. The molecule has 0 aliphatic carbocycles. The number of carboxylic acids is 2. The Balaban J connectivity index is 1.53. The van der Waals surface area contributed by atoms with Crippen LogP contribution in [0.1, 0.15) is 29.9 Å². The predicted molar refractivity (Wildman–Crippen MR) is 155 cm³/mol. The van der Waals surface area contributed by atoms with E-state index in [1.54, 1.807) is 95.6 Å². The van der Waals surface area contributed by atoms with Gasteiger partial charge in [-0.15, -0.1) is 0 Å². The van der Waals surface area contributed by atoms with Crippen LogP contribution >= 0.6 is 11.6 Å². The maximum Gasteiger partial charge on any atom is 0.338 e. The van der Waals surface area contributed by atoms with Crippen LogP contribution in [0.15, 0.2) is 91.0 Å². The molecule has 208 valence electrons. The van der Waals surface area contributed by atoms with Gasteiger partial charge in [0.05, 0.1) is 23.6 Å². The number of fused-ring (bicyclic) bond motifs is 1. The zero-order chi connectivity index (χ0) is 29.1. The average molecular weight is 572 g/mol. The molecule has 9 heteroatoms. The molecule has 0 aliphatic heterocycles. The third-order valence-corrected chi connectivity index (χ3v) is 6.36. The van der Waals surface area contributed by atoms with E-state index in [9.17, 15) is 19.8 Å². The molecule has 41 heavy (non-hydrogen) atoms. The zero-order valence-electron chi connectivity index (χ0n) is 22.2. The molecule has 0 bridgehead atoms. The molecule has 0 atom stereocenters. The Morgan fingerprint density at radius 1 is 0.780 bits per heavy atom. The number of carboxylic acid groups (broad SMARTS) is 2. The third kappa shape index (κ3) is 6.28. The maximum atomic E-state index is 12.5. The van der Waals surface area contributed by atoms with Gasteiger partial charge in [-0.3, -0.25) is 4.79 Å². The molecule has 0 fully saturated rings. The second-order valence-corrected chi connectivity index (χ2v) is 9.94. The summed E-state index contributed by atoms with van der Waals surface area (Å²) in [6, 6.07) is 26.0. The Bertz CT molecular complexity index is 1720. The van der Waals surface area contributed by atoms with Gasteiger partial charge in [0.1, 0.15) is 28.7 Å². The summed E-state index contributed by atoms with van der Waals surface area (Å²) in [4.78, 5) is 24.3. The van der Waals surface area contributed by atoms with E-state index in [0.29, 0.717) is 50.4 Å². The average Bonchev–Trinajstić information content (AvgIpc) is 3.22.